The summed E-state index contributed by atoms with van der Waals surface area (Å²) < 4.78 is 80.5. The van der Waals surface area contributed by atoms with Crippen molar-refractivity contribution < 1.29 is 35.9 Å². The molecule has 0 aliphatic carbocycles. The quantitative estimate of drug-likeness (QED) is 0.173. The number of nitrogens with zero attached hydrogens (tertiary/aromatic N) is 4. The number of fused-ring (bicyclic) bond motifs is 1. The molecule has 2 aromatic heterocycles. The molecule has 0 spiro atoms. The highest BCUT2D eigenvalue weighted by Gasteiger charge is 2.31. The second-order valence-electron chi connectivity index (χ2n) is 9.07. The summed E-state index contributed by atoms with van der Waals surface area (Å²) in [5.74, 6) is -2.96. The highest BCUT2D eigenvalue weighted by atomic mass is 32.2. The Morgan fingerprint density at radius 2 is 1.83 bits per heavy atom. The van der Waals surface area contributed by atoms with Crippen LogP contribution in [0.1, 0.15) is 41.9 Å². The Morgan fingerprint density at radius 3 is 2.49 bits per heavy atom. The molecule has 41 heavy (non-hydrogen) atoms. The fourth-order valence-corrected chi connectivity index (χ4v) is 5.08. The molecule has 2 heterocycles. The largest absolute Gasteiger partial charge is 0.505 e. The van der Waals surface area contributed by atoms with E-state index in [4.69, 9.17) is 0 Å². The lowest BCUT2D eigenvalue weighted by atomic mass is 10.0. The minimum Gasteiger partial charge on any atom is -0.505 e. The summed E-state index contributed by atoms with van der Waals surface area (Å²) in [7, 11) is -2.19. The van der Waals surface area contributed by atoms with E-state index in [1.165, 1.54) is 14.0 Å². The van der Waals surface area contributed by atoms with Crippen LogP contribution < -0.4 is 9.62 Å². The molecule has 0 atom stereocenters. The van der Waals surface area contributed by atoms with E-state index in [0.29, 0.717) is 23.4 Å². The number of para-hydroxylation sites is 1. The van der Waals surface area contributed by atoms with Gasteiger partial charge in [-0.2, -0.15) is 18.3 Å². The summed E-state index contributed by atoms with van der Waals surface area (Å²) in [6, 6.07) is 8.00. The van der Waals surface area contributed by atoms with Gasteiger partial charge < -0.3 is 10.4 Å². The molecule has 0 saturated heterocycles. The zero-order valence-electron chi connectivity index (χ0n) is 22.2. The van der Waals surface area contributed by atoms with Crippen LogP contribution in [0.2, 0.25) is 0 Å². The molecule has 4 rings (SSSR count). The molecule has 0 saturated carbocycles. The molecular formula is C26H26F4N6O4S. The zero-order chi connectivity index (χ0) is 30.1. The smallest absolute Gasteiger partial charge is 0.393 e. The third-order valence-corrected chi connectivity index (χ3v) is 8.14. The van der Waals surface area contributed by atoms with Crippen LogP contribution in [0.15, 0.2) is 36.4 Å². The predicted molar refractivity (Wildman–Crippen MR) is 145 cm³/mol. The van der Waals surface area contributed by atoms with Gasteiger partial charge in [-0.05, 0) is 36.2 Å². The van der Waals surface area contributed by atoms with E-state index in [0.717, 1.165) is 4.31 Å². The molecule has 0 bridgehead atoms. The number of aromatic hydroxyl groups is 1. The Labute approximate surface area is 232 Å². The van der Waals surface area contributed by atoms with Crippen molar-refractivity contribution in [3.8, 4) is 17.1 Å². The zero-order valence-corrected chi connectivity index (χ0v) is 23.0. The lowest BCUT2D eigenvalue weighted by molar-refractivity contribution is -0.127. The van der Waals surface area contributed by atoms with Crippen molar-refractivity contribution in [1.82, 2.24) is 20.2 Å². The van der Waals surface area contributed by atoms with Crippen LogP contribution in [0.5, 0.6) is 5.75 Å². The van der Waals surface area contributed by atoms with Crippen molar-refractivity contribution in [3.63, 3.8) is 0 Å². The number of alkyl halides is 3. The third kappa shape index (κ3) is 6.24. The van der Waals surface area contributed by atoms with Gasteiger partial charge in [0, 0.05) is 25.6 Å². The number of aromatic nitrogens is 4. The van der Waals surface area contributed by atoms with E-state index in [-0.39, 0.29) is 58.4 Å². The summed E-state index contributed by atoms with van der Waals surface area (Å²) >= 11 is 0. The number of sulfonamides is 1. The molecule has 10 nitrogen and oxygen atoms in total. The number of hydrogen-bond donors (Lipinski definition) is 3. The van der Waals surface area contributed by atoms with Crippen molar-refractivity contribution in [3.05, 3.63) is 59.0 Å². The first-order chi connectivity index (χ1) is 19.3. The number of phenolic OH excluding ortho intramolecular Hbond substituents is 1. The number of halogens is 4. The molecule has 4 aromatic rings. The SMILES string of the molecule is CCC(=O)c1[nH]nc2nc(-c3cc(F)c(O)cc3CC(F)(F)F)nc(NCc3ccccc3N(C)S(=O)(=O)CC)c12. The average Bonchev–Trinajstić information content (AvgIpc) is 3.36. The average molecular weight is 595 g/mol. The number of anilines is 2. The third-order valence-electron chi connectivity index (χ3n) is 6.38. The van der Waals surface area contributed by atoms with Gasteiger partial charge in [0.15, 0.2) is 28.8 Å². The topological polar surface area (TPSA) is 141 Å². The number of H-pyrrole nitrogens is 1. The Morgan fingerprint density at radius 1 is 1.12 bits per heavy atom. The fourth-order valence-electron chi connectivity index (χ4n) is 4.22. The molecule has 0 unspecified atom stereocenters. The van der Waals surface area contributed by atoms with Crippen LogP contribution in [-0.4, -0.2) is 58.4 Å². The molecule has 0 amide bonds. The predicted octanol–water partition coefficient (Wildman–Crippen LogP) is 4.96. The lowest BCUT2D eigenvalue weighted by Crippen LogP contribution is -2.29. The Kier molecular flexibility index (Phi) is 8.19. The van der Waals surface area contributed by atoms with E-state index in [1.54, 1.807) is 31.2 Å². The maximum Gasteiger partial charge on any atom is 0.393 e. The molecule has 0 aliphatic heterocycles. The molecule has 2 aromatic carbocycles. The van der Waals surface area contributed by atoms with Crippen LogP contribution in [0.4, 0.5) is 29.1 Å². The van der Waals surface area contributed by atoms with Gasteiger partial charge in [-0.1, -0.05) is 25.1 Å². The molecule has 0 fully saturated rings. The van der Waals surface area contributed by atoms with Gasteiger partial charge in [-0.15, -0.1) is 0 Å². The first-order valence-electron chi connectivity index (χ1n) is 12.4. The van der Waals surface area contributed by atoms with Crippen molar-refractivity contribution in [2.24, 2.45) is 0 Å². The Hall–Kier alpha value is -4.27. The van der Waals surface area contributed by atoms with Gasteiger partial charge in [0.25, 0.3) is 0 Å². The lowest BCUT2D eigenvalue weighted by Gasteiger charge is -2.22. The van der Waals surface area contributed by atoms with Crippen LogP contribution in [0, 0.1) is 5.82 Å². The van der Waals surface area contributed by atoms with Gasteiger partial charge in [0.2, 0.25) is 10.0 Å². The summed E-state index contributed by atoms with van der Waals surface area (Å²) in [5, 5.41) is 19.6. The van der Waals surface area contributed by atoms with Crippen LogP contribution >= 0.6 is 0 Å². The van der Waals surface area contributed by atoms with Gasteiger partial charge in [0.1, 0.15) is 11.5 Å². The van der Waals surface area contributed by atoms with E-state index in [2.05, 4.69) is 25.5 Å². The van der Waals surface area contributed by atoms with Crippen LogP contribution in [-0.2, 0) is 23.0 Å². The molecule has 0 radical (unpaired) electrons. The second-order valence-corrected chi connectivity index (χ2v) is 11.4. The van der Waals surface area contributed by atoms with Gasteiger partial charge >= 0.3 is 6.18 Å². The number of Topliss-reactive ketones (excluding diaryl/α,β-unsaturated/α-hetero) is 1. The minimum absolute atomic E-state index is 0.00204. The molecule has 0 aliphatic rings. The summed E-state index contributed by atoms with van der Waals surface area (Å²) in [6.07, 6.45) is -6.09. The highest BCUT2D eigenvalue weighted by molar-refractivity contribution is 7.92. The number of phenols is 1. The van der Waals surface area contributed by atoms with Gasteiger partial charge in [0.05, 0.1) is 23.2 Å². The minimum atomic E-state index is -4.69. The summed E-state index contributed by atoms with van der Waals surface area (Å²) in [6.45, 7) is 3.12. The van der Waals surface area contributed by atoms with Crippen molar-refractivity contribution in [1.29, 1.82) is 0 Å². The maximum absolute atomic E-state index is 14.3. The number of nitrogens with one attached hydrogen (secondary N) is 2. The number of benzene rings is 2. The van der Waals surface area contributed by atoms with E-state index in [1.807, 2.05) is 0 Å². The monoisotopic (exact) mass is 594 g/mol. The summed E-state index contributed by atoms with van der Waals surface area (Å²) in [5.41, 5.74) is 0.0858. The van der Waals surface area contributed by atoms with E-state index in [9.17, 15) is 35.9 Å². The van der Waals surface area contributed by atoms with Crippen LogP contribution in [0.25, 0.3) is 22.4 Å². The van der Waals surface area contributed by atoms with Crippen molar-refractivity contribution >= 4 is 38.3 Å². The normalized spacial score (nSPS) is 12.1. The number of carbonyl (C=O) groups is 1. The fraction of sp³-hybridized carbons (Fsp3) is 0.308. The Bertz CT molecular complexity index is 1720. The van der Waals surface area contributed by atoms with E-state index >= 15 is 0 Å². The molecule has 218 valence electrons. The Balaban J connectivity index is 1.86. The number of ketones is 1. The maximum atomic E-state index is 14.3. The first-order valence-corrected chi connectivity index (χ1v) is 14.0. The molecular weight excluding hydrogens is 568 g/mol. The molecule has 15 heteroatoms. The van der Waals surface area contributed by atoms with Crippen LogP contribution in [0.3, 0.4) is 0 Å². The number of hydrogen-bond acceptors (Lipinski definition) is 8. The second kappa shape index (κ2) is 11.3. The standard InChI is InChI=1S/C26H26F4N6O4S/c1-4-19(37)22-21-24(31-13-14-8-6-7-9-18(14)36(3)41(39,40)5-2)32-23(33-25(21)35-34-22)16-11-17(27)20(38)10-15(16)12-26(28,29)30/h6-11,38H,4-5,12-13H2,1-3H3,(H2,31,32,33,34,35). The van der Waals surface area contributed by atoms with Gasteiger partial charge in [-0.3, -0.25) is 14.2 Å². The molecule has 3 N–H and O–H groups in total. The van der Waals surface area contributed by atoms with E-state index < -0.39 is 39.8 Å². The van der Waals surface area contributed by atoms with Gasteiger partial charge in [-0.25, -0.2) is 22.8 Å². The highest BCUT2D eigenvalue weighted by Crippen LogP contribution is 2.35. The number of rotatable bonds is 10. The van der Waals surface area contributed by atoms with Crippen molar-refractivity contribution in [2.45, 2.75) is 39.4 Å². The van der Waals surface area contributed by atoms with Crippen molar-refractivity contribution in [2.75, 3.05) is 22.4 Å². The number of aromatic amines is 1. The summed E-state index contributed by atoms with van der Waals surface area (Å²) in [4.78, 5) is 21.2. The number of carbonyl (C=O) groups excluding carboxylic acids is 1. The first kappa shape index (κ1) is 29.7.